The summed E-state index contributed by atoms with van der Waals surface area (Å²) >= 11 is 0. The number of hydrogen-bond acceptors (Lipinski definition) is 5. The first-order valence-corrected chi connectivity index (χ1v) is 7.52. The summed E-state index contributed by atoms with van der Waals surface area (Å²) in [6.07, 6.45) is -0.0865. The number of methoxy groups -OCH3 is 1. The van der Waals surface area contributed by atoms with Crippen molar-refractivity contribution in [2.24, 2.45) is 0 Å². The first-order valence-electron chi connectivity index (χ1n) is 7.52. The van der Waals surface area contributed by atoms with Gasteiger partial charge in [0.25, 0.3) is 0 Å². The van der Waals surface area contributed by atoms with Crippen molar-refractivity contribution in [3.63, 3.8) is 0 Å². The third-order valence-electron chi connectivity index (χ3n) is 3.79. The third kappa shape index (κ3) is 4.68. The number of aliphatic hydroxyl groups is 1. The lowest BCUT2D eigenvalue weighted by atomic mass is 10.1. The van der Waals surface area contributed by atoms with E-state index in [0.717, 1.165) is 26.2 Å². The zero-order valence-electron chi connectivity index (χ0n) is 12.9. The van der Waals surface area contributed by atoms with Gasteiger partial charge in [-0.3, -0.25) is 0 Å². The Morgan fingerprint density at radius 3 is 2.81 bits per heavy atom. The van der Waals surface area contributed by atoms with Crippen LogP contribution in [0, 0.1) is 0 Å². The molecule has 2 N–H and O–H groups in total. The molecule has 2 rings (SSSR count). The van der Waals surface area contributed by atoms with Gasteiger partial charge in [-0.1, -0.05) is 12.1 Å². The molecule has 0 aliphatic carbocycles. The zero-order valence-corrected chi connectivity index (χ0v) is 12.9. The predicted molar refractivity (Wildman–Crippen MR) is 83.7 cm³/mol. The molecule has 1 aromatic rings. The van der Waals surface area contributed by atoms with E-state index in [1.54, 1.807) is 7.11 Å². The largest absolute Gasteiger partial charge is 0.394 e. The molecule has 118 valence electrons. The van der Waals surface area contributed by atoms with Gasteiger partial charge >= 0.3 is 0 Å². The highest BCUT2D eigenvalue weighted by Gasteiger charge is 2.25. The van der Waals surface area contributed by atoms with E-state index < -0.39 is 0 Å². The molecule has 2 unspecified atom stereocenters. The number of benzene rings is 1. The summed E-state index contributed by atoms with van der Waals surface area (Å²) in [6.45, 7) is 6.05. The fourth-order valence-electron chi connectivity index (χ4n) is 2.50. The number of morpholine rings is 1. The van der Waals surface area contributed by atoms with Crippen molar-refractivity contribution in [1.82, 2.24) is 5.32 Å². The van der Waals surface area contributed by atoms with Crippen LogP contribution in [0.1, 0.15) is 12.5 Å². The third-order valence-corrected chi connectivity index (χ3v) is 3.79. The Labute approximate surface area is 126 Å². The highest BCUT2D eigenvalue weighted by Crippen LogP contribution is 2.22. The number of nitrogens with zero attached hydrogens (tertiary/aromatic N) is 1. The topological polar surface area (TPSA) is 54.0 Å². The molecule has 1 heterocycles. The van der Waals surface area contributed by atoms with Gasteiger partial charge in [-0.15, -0.1) is 0 Å². The van der Waals surface area contributed by atoms with E-state index in [4.69, 9.17) is 9.47 Å². The summed E-state index contributed by atoms with van der Waals surface area (Å²) in [5.41, 5.74) is 2.44. The van der Waals surface area contributed by atoms with Crippen LogP contribution in [0.5, 0.6) is 0 Å². The molecular formula is C16H26N2O3. The molecule has 21 heavy (non-hydrogen) atoms. The van der Waals surface area contributed by atoms with Gasteiger partial charge < -0.3 is 24.8 Å². The summed E-state index contributed by atoms with van der Waals surface area (Å²) < 4.78 is 10.6. The normalized spacial score (nSPS) is 22.5. The van der Waals surface area contributed by atoms with Gasteiger partial charge in [0.2, 0.25) is 0 Å². The summed E-state index contributed by atoms with van der Waals surface area (Å²) in [5.74, 6) is 0. The van der Waals surface area contributed by atoms with Crippen LogP contribution in [0.3, 0.4) is 0 Å². The van der Waals surface area contributed by atoms with Crippen molar-refractivity contribution in [3.8, 4) is 0 Å². The number of hydrogen-bond donors (Lipinski definition) is 2. The average molecular weight is 294 g/mol. The van der Waals surface area contributed by atoms with Gasteiger partial charge in [0.15, 0.2) is 0 Å². The van der Waals surface area contributed by atoms with Crippen molar-refractivity contribution in [1.29, 1.82) is 0 Å². The van der Waals surface area contributed by atoms with Gasteiger partial charge in [0.05, 0.1) is 25.9 Å². The summed E-state index contributed by atoms with van der Waals surface area (Å²) in [4.78, 5) is 2.30. The average Bonchev–Trinajstić information content (AvgIpc) is 2.53. The molecule has 0 saturated carbocycles. The maximum Gasteiger partial charge on any atom is 0.0981 e. The smallest absolute Gasteiger partial charge is 0.0981 e. The zero-order chi connectivity index (χ0) is 15.1. The van der Waals surface area contributed by atoms with Crippen LogP contribution >= 0.6 is 0 Å². The van der Waals surface area contributed by atoms with Gasteiger partial charge in [-0.2, -0.15) is 0 Å². The van der Waals surface area contributed by atoms with Gasteiger partial charge in [-0.05, 0) is 24.6 Å². The van der Waals surface area contributed by atoms with Crippen LogP contribution in [0.2, 0.25) is 0 Å². The molecule has 0 amide bonds. The molecule has 1 aromatic carbocycles. The second kappa shape index (κ2) is 8.34. The van der Waals surface area contributed by atoms with E-state index in [1.807, 2.05) is 0 Å². The van der Waals surface area contributed by atoms with Crippen molar-refractivity contribution in [2.75, 3.05) is 44.9 Å². The van der Waals surface area contributed by atoms with Crippen molar-refractivity contribution in [3.05, 3.63) is 29.8 Å². The highest BCUT2D eigenvalue weighted by atomic mass is 16.5. The monoisotopic (exact) mass is 294 g/mol. The SMILES string of the molecule is COCCNCc1ccc(N2CC(CO)OCC2C)cc1. The Morgan fingerprint density at radius 2 is 2.14 bits per heavy atom. The fraction of sp³-hybridized carbons (Fsp3) is 0.625. The Morgan fingerprint density at radius 1 is 1.38 bits per heavy atom. The predicted octanol–water partition coefficient (Wildman–Crippen LogP) is 1.01. The lowest BCUT2D eigenvalue weighted by Gasteiger charge is -2.39. The van der Waals surface area contributed by atoms with E-state index in [1.165, 1.54) is 11.3 Å². The Balaban J connectivity index is 1.91. The van der Waals surface area contributed by atoms with Crippen LogP contribution in [0.25, 0.3) is 0 Å². The van der Waals surface area contributed by atoms with Crippen LogP contribution in [-0.4, -0.2) is 57.3 Å². The minimum atomic E-state index is -0.0865. The maximum absolute atomic E-state index is 9.26. The summed E-state index contributed by atoms with van der Waals surface area (Å²) in [5, 5.41) is 12.6. The molecule has 1 aliphatic heterocycles. The van der Waals surface area contributed by atoms with E-state index >= 15 is 0 Å². The molecule has 1 fully saturated rings. The maximum atomic E-state index is 9.26. The Bertz CT molecular complexity index is 410. The minimum Gasteiger partial charge on any atom is -0.394 e. The van der Waals surface area contributed by atoms with Crippen molar-refractivity contribution >= 4 is 5.69 Å². The molecule has 5 heteroatoms. The number of rotatable bonds is 7. The van der Waals surface area contributed by atoms with Gasteiger partial charge in [0, 0.05) is 38.5 Å². The lowest BCUT2D eigenvalue weighted by Crippen LogP contribution is -2.49. The van der Waals surface area contributed by atoms with Crippen LogP contribution < -0.4 is 10.2 Å². The van der Waals surface area contributed by atoms with E-state index in [9.17, 15) is 5.11 Å². The number of nitrogens with one attached hydrogen (secondary N) is 1. The van der Waals surface area contributed by atoms with E-state index in [-0.39, 0.29) is 12.7 Å². The quantitative estimate of drug-likeness (QED) is 0.735. The van der Waals surface area contributed by atoms with Crippen molar-refractivity contribution in [2.45, 2.75) is 25.6 Å². The highest BCUT2D eigenvalue weighted by molar-refractivity contribution is 5.49. The minimum absolute atomic E-state index is 0.0741. The molecule has 1 saturated heterocycles. The Hall–Kier alpha value is -1.14. The molecule has 1 aliphatic rings. The van der Waals surface area contributed by atoms with Gasteiger partial charge in [0.1, 0.15) is 0 Å². The number of anilines is 1. The molecule has 0 spiro atoms. The summed E-state index contributed by atoms with van der Waals surface area (Å²) in [6, 6.07) is 8.91. The van der Waals surface area contributed by atoms with E-state index in [0.29, 0.717) is 12.6 Å². The second-order valence-electron chi connectivity index (χ2n) is 5.48. The lowest BCUT2D eigenvalue weighted by molar-refractivity contribution is -0.0103. The standard InChI is InChI=1S/C16H26N2O3/c1-13-12-21-16(11-19)10-18(13)15-5-3-14(4-6-15)9-17-7-8-20-2/h3-6,13,16-17,19H,7-12H2,1-2H3. The van der Waals surface area contributed by atoms with Crippen molar-refractivity contribution < 1.29 is 14.6 Å². The molecule has 0 radical (unpaired) electrons. The molecular weight excluding hydrogens is 268 g/mol. The first kappa shape index (κ1) is 16.2. The first-order chi connectivity index (χ1) is 10.2. The second-order valence-corrected chi connectivity index (χ2v) is 5.48. The molecule has 5 nitrogen and oxygen atoms in total. The number of aliphatic hydroxyl groups excluding tert-OH is 1. The Kier molecular flexibility index (Phi) is 6.45. The van der Waals surface area contributed by atoms with Crippen LogP contribution in [0.15, 0.2) is 24.3 Å². The molecule has 0 aromatic heterocycles. The number of ether oxygens (including phenoxy) is 2. The van der Waals surface area contributed by atoms with Crippen LogP contribution in [0.4, 0.5) is 5.69 Å². The van der Waals surface area contributed by atoms with Crippen LogP contribution in [-0.2, 0) is 16.0 Å². The summed E-state index contributed by atoms with van der Waals surface area (Å²) in [7, 11) is 1.71. The molecule has 2 atom stereocenters. The van der Waals surface area contributed by atoms with Gasteiger partial charge in [-0.25, -0.2) is 0 Å². The fourth-order valence-corrected chi connectivity index (χ4v) is 2.50. The van der Waals surface area contributed by atoms with E-state index in [2.05, 4.69) is 41.4 Å². The molecule has 0 bridgehead atoms.